The monoisotopic (exact) mass is 301 g/mol. The second-order valence-electron chi connectivity index (χ2n) is 4.31. The molecule has 0 unspecified atom stereocenters. The van der Waals surface area contributed by atoms with Crippen LogP contribution < -0.4 is 10.9 Å². The first kappa shape index (κ1) is 14.2. The number of aromatic nitrogens is 2. The Morgan fingerprint density at radius 2 is 2.26 bits per heavy atom. The predicted molar refractivity (Wildman–Crippen MR) is 76.3 cm³/mol. The number of thiophene rings is 1. The summed E-state index contributed by atoms with van der Waals surface area (Å²) in [6.07, 6.45) is 1.76. The molecular weight excluding hydrogens is 286 g/mol. The summed E-state index contributed by atoms with van der Waals surface area (Å²) in [5.41, 5.74) is 0.564. The van der Waals surface area contributed by atoms with Gasteiger partial charge in [0.15, 0.2) is 0 Å². The smallest absolute Gasteiger partial charge is 0.268 e. The van der Waals surface area contributed by atoms with E-state index >= 15 is 0 Å². The highest BCUT2D eigenvalue weighted by Crippen LogP contribution is 2.13. The molecule has 6 nitrogen and oxygen atoms in total. The first-order chi connectivity index (χ1) is 8.96. The molecule has 19 heavy (non-hydrogen) atoms. The highest BCUT2D eigenvalue weighted by atomic mass is 32.2. The number of nitrogens with zero attached hydrogens (tertiary/aromatic N) is 1. The molecule has 104 valence electrons. The first-order valence-corrected chi connectivity index (χ1v) is 8.74. The van der Waals surface area contributed by atoms with Gasteiger partial charge in [0, 0.05) is 6.26 Å². The van der Waals surface area contributed by atoms with E-state index in [0.717, 1.165) is 0 Å². The van der Waals surface area contributed by atoms with Gasteiger partial charge < -0.3 is 10.3 Å². The molecule has 0 aromatic carbocycles. The van der Waals surface area contributed by atoms with Gasteiger partial charge in [0.25, 0.3) is 5.56 Å². The average Bonchev–Trinajstić information content (AvgIpc) is 2.75. The molecule has 0 aliphatic rings. The number of fused-ring (bicyclic) bond motifs is 1. The third-order valence-electron chi connectivity index (χ3n) is 2.53. The van der Waals surface area contributed by atoms with Crippen molar-refractivity contribution in [2.45, 2.75) is 13.0 Å². The second kappa shape index (κ2) is 5.81. The fourth-order valence-electron chi connectivity index (χ4n) is 1.67. The number of nitrogens with one attached hydrogen (secondary N) is 2. The molecule has 0 bridgehead atoms. The average molecular weight is 301 g/mol. The van der Waals surface area contributed by atoms with Gasteiger partial charge >= 0.3 is 0 Å². The Hall–Kier alpha value is -1.25. The van der Waals surface area contributed by atoms with E-state index in [1.165, 1.54) is 17.6 Å². The number of sulfone groups is 1. The van der Waals surface area contributed by atoms with Gasteiger partial charge in [0.05, 0.1) is 17.8 Å². The minimum Gasteiger partial charge on any atom is -0.310 e. The zero-order valence-electron chi connectivity index (χ0n) is 10.5. The van der Waals surface area contributed by atoms with Gasteiger partial charge in [-0.15, -0.1) is 11.3 Å². The van der Waals surface area contributed by atoms with Crippen LogP contribution in [0.5, 0.6) is 0 Å². The Kier molecular flexibility index (Phi) is 4.33. The minimum absolute atomic E-state index is 0.132. The number of hydrogen-bond acceptors (Lipinski definition) is 6. The van der Waals surface area contributed by atoms with E-state index < -0.39 is 9.84 Å². The first-order valence-electron chi connectivity index (χ1n) is 5.80. The van der Waals surface area contributed by atoms with Crippen molar-refractivity contribution in [2.75, 3.05) is 18.6 Å². The van der Waals surface area contributed by atoms with Crippen molar-refractivity contribution in [1.29, 1.82) is 0 Å². The normalized spacial score (nSPS) is 12.1. The van der Waals surface area contributed by atoms with Gasteiger partial charge in [0.1, 0.15) is 20.4 Å². The fourth-order valence-corrected chi connectivity index (χ4v) is 3.07. The predicted octanol–water partition coefficient (Wildman–Crippen LogP) is 0.509. The Balaban J connectivity index is 1.90. The molecule has 0 fully saturated rings. The molecule has 0 aliphatic carbocycles. The van der Waals surface area contributed by atoms with E-state index in [0.29, 0.717) is 35.6 Å². The SMILES string of the molecule is CS(=O)(=O)CCCNCc1nc2ccsc2c(=O)[nH]1. The Morgan fingerprint density at radius 1 is 1.47 bits per heavy atom. The maximum atomic E-state index is 11.7. The molecule has 0 aliphatic heterocycles. The summed E-state index contributed by atoms with van der Waals surface area (Å²) in [5, 5.41) is 4.89. The zero-order chi connectivity index (χ0) is 13.9. The van der Waals surface area contributed by atoms with Gasteiger partial charge in [0.2, 0.25) is 0 Å². The largest absolute Gasteiger partial charge is 0.310 e. The molecule has 8 heteroatoms. The second-order valence-corrected chi connectivity index (χ2v) is 7.48. The van der Waals surface area contributed by atoms with Crippen LogP contribution in [0.25, 0.3) is 10.2 Å². The number of H-pyrrole nitrogens is 1. The van der Waals surface area contributed by atoms with Gasteiger partial charge in [-0.2, -0.15) is 0 Å². The number of rotatable bonds is 6. The number of hydrogen-bond donors (Lipinski definition) is 2. The van der Waals surface area contributed by atoms with Crippen molar-refractivity contribution >= 4 is 31.4 Å². The van der Waals surface area contributed by atoms with E-state index in [1.54, 1.807) is 0 Å². The maximum Gasteiger partial charge on any atom is 0.268 e. The number of aromatic amines is 1. The fraction of sp³-hybridized carbons (Fsp3) is 0.455. The van der Waals surface area contributed by atoms with Crippen LogP contribution in [-0.2, 0) is 16.4 Å². The van der Waals surface area contributed by atoms with Crippen molar-refractivity contribution in [3.63, 3.8) is 0 Å². The maximum absolute atomic E-state index is 11.7. The summed E-state index contributed by atoms with van der Waals surface area (Å²) in [4.78, 5) is 18.7. The van der Waals surface area contributed by atoms with Crippen LogP contribution >= 0.6 is 11.3 Å². The van der Waals surface area contributed by atoms with Crippen molar-refractivity contribution in [1.82, 2.24) is 15.3 Å². The van der Waals surface area contributed by atoms with Crippen LogP contribution in [0, 0.1) is 0 Å². The lowest BCUT2D eigenvalue weighted by atomic mass is 10.4. The highest BCUT2D eigenvalue weighted by molar-refractivity contribution is 7.90. The molecule has 2 N–H and O–H groups in total. The topological polar surface area (TPSA) is 91.9 Å². The van der Waals surface area contributed by atoms with E-state index in [9.17, 15) is 13.2 Å². The molecule has 2 rings (SSSR count). The molecule has 2 aromatic rings. The molecule has 0 atom stereocenters. The molecular formula is C11H15N3O3S2. The van der Waals surface area contributed by atoms with E-state index in [1.807, 2.05) is 11.4 Å². The summed E-state index contributed by atoms with van der Waals surface area (Å²) in [5.74, 6) is 0.725. The Bertz CT molecular complexity index is 718. The van der Waals surface area contributed by atoms with E-state index in [-0.39, 0.29) is 11.3 Å². The minimum atomic E-state index is -2.91. The van der Waals surface area contributed by atoms with Crippen molar-refractivity contribution < 1.29 is 8.42 Å². The van der Waals surface area contributed by atoms with E-state index in [2.05, 4.69) is 15.3 Å². The molecule has 2 heterocycles. The summed E-state index contributed by atoms with van der Waals surface area (Å²) < 4.78 is 22.5. The van der Waals surface area contributed by atoms with Crippen LogP contribution in [0.3, 0.4) is 0 Å². The molecule has 0 saturated heterocycles. The molecule has 0 saturated carbocycles. The van der Waals surface area contributed by atoms with Gasteiger partial charge in [-0.3, -0.25) is 4.79 Å². The summed E-state index contributed by atoms with van der Waals surface area (Å²) in [6, 6.07) is 1.81. The summed E-state index contributed by atoms with van der Waals surface area (Å²) in [7, 11) is -2.91. The molecule has 2 aromatic heterocycles. The van der Waals surface area contributed by atoms with Crippen LogP contribution in [0.1, 0.15) is 12.2 Å². The molecule has 0 spiro atoms. The quantitative estimate of drug-likeness (QED) is 0.758. The molecule has 0 radical (unpaired) electrons. The lowest BCUT2D eigenvalue weighted by molar-refractivity contribution is 0.592. The van der Waals surface area contributed by atoms with Gasteiger partial charge in [-0.25, -0.2) is 13.4 Å². The summed E-state index contributed by atoms with van der Waals surface area (Å²) >= 11 is 1.36. The standard InChI is InChI=1S/C11H15N3O3S2/c1-19(16,17)6-2-4-12-7-9-13-8-3-5-18-10(8)11(15)14-9/h3,5,12H,2,4,6-7H2,1H3,(H,13,14,15). The Labute approximate surface area is 114 Å². The highest BCUT2D eigenvalue weighted by Gasteiger charge is 2.05. The lowest BCUT2D eigenvalue weighted by Crippen LogP contribution is -2.21. The van der Waals surface area contributed by atoms with Crippen LogP contribution in [0.4, 0.5) is 0 Å². The van der Waals surface area contributed by atoms with E-state index in [4.69, 9.17) is 0 Å². The van der Waals surface area contributed by atoms with Crippen LogP contribution in [0.15, 0.2) is 16.2 Å². The van der Waals surface area contributed by atoms with Gasteiger partial charge in [-0.05, 0) is 24.4 Å². The Morgan fingerprint density at radius 3 is 3.00 bits per heavy atom. The summed E-state index contributed by atoms with van der Waals surface area (Å²) in [6.45, 7) is 0.989. The molecule has 0 amide bonds. The van der Waals surface area contributed by atoms with Crippen LogP contribution in [0.2, 0.25) is 0 Å². The van der Waals surface area contributed by atoms with Gasteiger partial charge in [-0.1, -0.05) is 0 Å². The van der Waals surface area contributed by atoms with Crippen LogP contribution in [-0.4, -0.2) is 36.9 Å². The van der Waals surface area contributed by atoms with Crippen molar-refractivity contribution in [2.24, 2.45) is 0 Å². The third-order valence-corrected chi connectivity index (χ3v) is 4.46. The van der Waals surface area contributed by atoms with Crippen molar-refractivity contribution in [3.8, 4) is 0 Å². The lowest BCUT2D eigenvalue weighted by Gasteiger charge is -2.03. The van der Waals surface area contributed by atoms with Crippen molar-refractivity contribution in [3.05, 3.63) is 27.6 Å². The zero-order valence-corrected chi connectivity index (χ0v) is 12.1. The third kappa shape index (κ3) is 4.12.